The first kappa shape index (κ1) is 25.7. The van der Waals surface area contributed by atoms with Gasteiger partial charge in [0.25, 0.3) is 0 Å². The number of carboxylic acid groups (broad SMARTS) is 1. The summed E-state index contributed by atoms with van der Waals surface area (Å²) in [6, 6.07) is 10.8. The number of nitrogens with zero attached hydrogens (tertiary/aromatic N) is 5. The van der Waals surface area contributed by atoms with Crippen LogP contribution in [-0.2, 0) is 16.1 Å². The van der Waals surface area contributed by atoms with Gasteiger partial charge in [0.1, 0.15) is 0 Å². The largest absolute Gasteiger partial charge is 0.481 e. The van der Waals surface area contributed by atoms with Gasteiger partial charge in [-0.25, -0.2) is 0 Å². The first-order valence-electron chi connectivity index (χ1n) is 13.1. The molecule has 10 nitrogen and oxygen atoms in total. The minimum atomic E-state index is -0.872. The van der Waals surface area contributed by atoms with Gasteiger partial charge in [0.05, 0.1) is 24.3 Å². The lowest BCUT2D eigenvalue weighted by Gasteiger charge is -2.29. The zero-order valence-electron chi connectivity index (χ0n) is 21.5. The Kier molecular flexibility index (Phi) is 7.88. The van der Waals surface area contributed by atoms with Crippen molar-refractivity contribution in [2.24, 2.45) is 5.92 Å². The van der Waals surface area contributed by atoms with Crippen molar-refractivity contribution in [3.8, 4) is 11.5 Å². The molecule has 5 rings (SSSR count). The maximum atomic E-state index is 13.7. The highest BCUT2D eigenvalue weighted by molar-refractivity contribution is 5.94. The Morgan fingerprint density at radius 3 is 2.76 bits per heavy atom. The summed E-state index contributed by atoms with van der Waals surface area (Å²) < 4.78 is 12.8. The first-order chi connectivity index (χ1) is 18.5. The second kappa shape index (κ2) is 11.6. The highest BCUT2D eigenvalue weighted by Gasteiger charge is 2.47. The minimum Gasteiger partial charge on any atom is -0.481 e. The maximum Gasteiger partial charge on any atom is 0.308 e. The van der Waals surface area contributed by atoms with Gasteiger partial charge in [-0.2, -0.15) is 5.10 Å². The summed E-state index contributed by atoms with van der Waals surface area (Å²) in [4.78, 5) is 34.4. The smallest absolute Gasteiger partial charge is 0.308 e. The van der Waals surface area contributed by atoms with Crippen LogP contribution in [0.25, 0.3) is 0 Å². The molecular formula is C28H33N5O5. The summed E-state index contributed by atoms with van der Waals surface area (Å²) in [5.74, 6) is -0.657. The van der Waals surface area contributed by atoms with E-state index in [-0.39, 0.29) is 31.2 Å². The van der Waals surface area contributed by atoms with E-state index in [1.807, 2.05) is 47.5 Å². The fourth-order valence-electron chi connectivity index (χ4n) is 5.52. The van der Waals surface area contributed by atoms with Crippen molar-refractivity contribution in [3.63, 3.8) is 0 Å². The number of rotatable bonds is 11. The number of carboxylic acids is 1. The number of ether oxygens (including phenoxy) is 2. The normalized spacial score (nSPS) is 20.5. The van der Waals surface area contributed by atoms with Gasteiger partial charge < -0.3 is 19.5 Å². The topological polar surface area (TPSA) is 110 Å². The monoisotopic (exact) mass is 519 g/mol. The molecule has 2 aliphatic rings. The highest BCUT2D eigenvalue weighted by atomic mass is 16.7. The van der Waals surface area contributed by atoms with E-state index >= 15 is 0 Å². The molecule has 0 aliphatic carbocycles. The van der Waals surface area contributed by atoms with E-state index in [0.29, 0.717) is 37.6 Å². The van der Waals surface area contributed by atoms with Crippen LogP contribution in [0.5, 0.6) is 11.5 Å². The fourth-order valence-corrected chi connectivity index (χ4v) is 5.52. The standard InChI is InChI=1S/C28H33N5O5/c1-2-3-13-33(21-6-4-10-29-16-21)26(34)18-31-17-22(20-7-8-24-25(15-20)38-19-37-24)27(28(35)36)23(31)9-14-32-12-5-11-30-32/h4-8,10-12,15-16,22-23,27H,2-3,9,13-14,17-19H2,1H3,(H,35,36). The van der Waals surface area contributed by atoms with Crippen LogP contribution in [0.4, 0.5) is 5.69 Å². The molecule has 1 amide bonds. The molecule has 1 aromatic carbocycles. The number of hydrogen-bond donors (Lipinski definition) is 1. The third kappa shape index (κ3) is 5.50. The molecule has 3 aromatic rings. The molecule has 0 spiro atoms. The zero-order chi connectivity index (χ0) is 26.5. The van der Waals surface area contributed by atoms with E-state index in [9.17, 15) is 14.7 Å². The molecule has 1 saturated heterocycles. The molecule has 1 fully saturated rings. The molecule has 1 N–H and O–H groups in total. The molecule has 0 saturated carbocycles. The lowest BCUT2D eigenvalue weighted by atomic mass is 9.84. The van der Waals surface area contributed by atoms with E-state index in [0.717, 1.165) is 24.1 Å². The number of carbonyl (C=O) groups excluding carboxylic acids is 1. The third-order valence-electron chi connectivity index (χ3n) is 7.40. The van der Waals surface area contributed by atoms with Gasteiger partial charge in [0, 0.05) is 50.2 Å². The van der Waals surface area contributed by atoms with Gasteiger partial charge in [0.2, 0.25) is 12.7 Å². The fraction of sp³-hybridized carbons (Fsp3) is 0.429. The van der Waals surface area contributed by atoms with Crippen molar-refractivity contribution < 1.29 is 24.2 Å². The Balaban J connectivity index is 1.43. The molecule has 200 valence electrons. The van der Waals surface area contributed by atoms with Gasteiger partial charge in [-0.05, 0) is 48.7 Å². The van der Waals surface area contributed by atoms with Crippen molar-refractivity contribution in [1.82, 2.24) is 19.7 Å². The van der Waals surface area contributed by atoms with Crippen LogP contribution in [0.2, 0.25) is 0 Å². The van der Waals surface area contributed by atoms with Crippen molar-refractivity contribution in [1.29, 1.82) is 0 Å². The van der Waals surface area contributed by atoms with Gasteiger partial charge in [-0.1, -0.05) is 19.4 Å². The van der Waals surface area contributed by atoms with E-state index in [1.165, 1.54) is 0 Å². The van der Waals surface area contributed by atoms with Crippen molar-refractivity contribution in [2.75, 3.05) is 31.3 Å². The van der Waals surface area contributed by atoms with Gasteiger partial charge in [0.15, 0.2) is 11.5 Å². The quantitative estimate of drug-likeness (QED) is 0.411. The summed E-state index contributed by atoms with van der Waals surface area (Å²) in [5, 5.41) is 14.7. The van der Waals surface area contributed by atoms with Gasteiger partial charge >= 0.3 is 5.97 Å². The van der Waals surface area contributed by atoms with Gasteiger partial charge in [-0.15, -0.1) is 0 Å². The summed E-state index contributed by atoms with van der Waals surface area (Å²) in [7, 11) is 0. The van der Waals surface area contributed by atoms with E-state index in [1.54, 1.807) is 28.2 Å². The second-order valence-electron chi connectivity index (χ2n) is 9.75. The van der Waals surface area contributed by atoms with Gasteiger partial charge in [-0.3, -0.25) is 24.2 Å². The molecule has 0 radical (unpaired) electrons. The average molecular weight is 520 g/mol. The van der Waals surface area contributed by atoms with Crippen molar-refractivity contribution >= 4 is 17.6 Å². The second-order valence-corrected chi connectivity index (χ2v) is 9.75. The summed E-state index contributed by atoms with van der Waals surface area (Å²) in [5.41, 5.74) is 1.62. The molecule has 2 aromatic heterocycles. The Morgan fingerprint density at radius 1 is 1.16 bits per heavy atom. The molecule has 3 atom stereocenters. The molecule has 2 aliphatic heterocycles. The number of carbonyl (C=O) groups is 2. The number of aryl methyl sites for hydroxylation is 1. The summed E-state index contributed by atoms with van der Waals surface area (Å²) >= 11 is 0. The molecule has 3 unspecified atom stereocenters. The molecule has 4 heterocycles. The summed E-state index contributed by atoms with van der Waals surface area (Å²) in [6.45, 7) is 3.95. The first-order valence-corrected chi connectivity index (χ1v) is 13.1. The zero-order valence-corrected chi connectivity index (χ0v) is 21.5. The van der Waals surface area contributed by atoms with Crippen LogP contribution in [-0.4, -0.2) is 69.1 Å². The Bertz CT molecular complexity index is 1240. The van der Waals surface area contributed by atoms with Crippen molar-refractivity contribution in [3.05, 3.63) is 66.7 Å². The number of aromatic nitrogens is 3. The number of hydrogen-bond acceptors (Lipinski definition) is 7. The minimum absolute atomic E-state index is 0.0639. The molecule has 10 heteroatoms. The number of likely N-dealkylation sites (tertiary alicyclic amines) is 1. The number of benzene rings is 1. The molecule has 38 heavy (non-hydrogen) atoms. The molecular weight excluding hydrogens is 486 g/mol. The summed E-state index contributed by atoms with van der Waals surface area (Å²) in [6.07, 6.45) is 9.32. The number of pyridine rings is 1. The van der Waals surface area contributed by atoms with Crippen LogP contribution in [0.1, 0.15) is 37.7 Å². The van der Waals surface area contributed by atoms with Crippen LogP contribution < -0.4 is 14.4 Å². The predicted molar refractivity (Wildman–Crippen MR) is 140 cm³/mol. The number of anilines is 1. The maximum absolute atomic E-state index is 13.7. The van der Waals surface area contributed by atoms with Crippen LogP contribution in [0.15, 0.2) is 61.2 Å². The lowest BCUT2D eigenvalue weighted by Crippen LogP contribution is -2.45. The molecule has 0 bridgehead atoms. The predicted octanol–water partition coefficient (Wildman–Crippen LogP) is 3.40. The van der Waals surface area contributed by atoms with Crippen molar-refractivity contribution in [2.45, 2.75) is 44.7 Å². The number of amides is 1. The Morgan fingerprint density at radius 2 is 2.03 bits per heavy atom. The third-order valence-corrected chi connectivity index (χ3v) is 7.40. The Labute approximate surface area is 221 Å². The number of unbranched alkanes of at least 4 members (excludes halogenated alkanes) is 1. The SMILES string of the molecule is CCCCN(C(=O)CN1CC(c2ccc3c(c2)OCO3)C(C(=O)O)C1CCn1cccn1)c1cccnc1. The van der Waals surface area contributed by atoms with E-state index in [2.05, 4.69) is 17.0 Å². The van der Waals surface area contributed by atoms with Crippen LogP contribution in [0.3, 0.4) is 0 Å². The van der Waals surface area contributed by atoms with Crippen LogP contribution >= 0.6 is 0 Å². The Hall–Kier alpha value is -3.92. The number of fused-ring (bicyclic) bond motifs is 1. The lowest BCUT2D eigenvalue weighted by molar-refractivity contribution is -0.143. The van der Waals surface area contributed by atoms with E-state index in [4.69, 9.17) is 9.47 Å². The van der Waals surface area contributed by atoms with E-state index < -0.39 is 11.9 Å². The number of aliphatic carboxylic acids is 1. The highest BCUT2D eigenvalue weighted by Crippen LogP contribution is 2.42. The van der Waals surface area contributed by atoms with Crippen LogP contribution in [0, 0.1) is 5.92 Å². The average Bonchev–Trinajstić information content (AvgIpc) is 3.68.